The van der Waals surface area contributed by atoms with Gasteiger partial charge in [-0.2, -0.15) is 0 Å². The maximum absolute atomic E-state index is 2.43. The number of hydrogen-bond donors (Lipinski definition) is 0. The van der Waals surface area contributed by atoms with Crippen molar-refractivity contribution in [3.8, 4) is 0 Å². The Morgan fingerprint density at radius 2 is 0.519 bits per heavy atom. The molecule has 0 heteroatoms. The van der Waals surface area contributed by atoms with Crippen LogP contribution in [0.5, 0.6) is 0 Å². The second-order valence-electron chi connectivity index (χ2n) is 8.40. The molecule has 0 spiro atoms. The molecule has 0 unspecified atom stereocenters. The first-order valence-corrected chi connectivity index (χ1v) is 12.7. The molecule has 0 fully saturated rings. The van der Waals surface area contributed by atoms with Crippen LogP contribution >= 0.6 is 0 Å². The average Bonchev–Trinajstić information content (AvgIpc) is 2.68. The van der Waals surface area contributed by atoms with Crippen molar-refractivity contribution in [2.45, 2.75) is 149 Å². The van der Waals surface area contributed by atoms with E-state index in [1.54, 1.807) is 0 Å². The fourth-order valence-corrected chi connectivity index (χ4v) is 3.61. The standard InChI is InChI=1S/C27H52/c1-3-5-7-9-11-13-15-17-19-21-23-25-27-26-24-22-20-18-16-14-12-10-8-6-4-2/h13,15,20,22H,3-12,14,16-19,21,23-27H2,1-2H3. The van der Waals surface area contributed by atoms with Gasteiger partial charge in [-0.1, -0.05) is 122 Å². The predicted octanol–water partition coefficient (Wildman–Crippen LogP) is 10.3. The Morgan fingerprint density at radius 1 is 0.296 bits per heavy atom. The van der Waals surface area contributed by atoms with Gasteiger partial charge in [0.15, 0.2) is 0 Å². The van der Waals surface area contributed by atoms with Crippen molar-refractivity contribution < 1.29 is 0 Å². The molecule has 0 aliphatic rings. The van der Waals surface area contributed by atoms with Gasteiger partial charge in [-0.3, -0.25) is 0 Å². The topological polar surface area (TPSA) is 0 Å². The van der Waals surface area contributed by atoms with Gasteiger partial charge in [0.2, 0.25) is 0 Å². The number of allylic oxidation sites excluding steroid dienone is 4. The summed E-state index contributed by atoms with van der Waals surface area (Å²) in [5, 5.41) is 0. The zero-order chi connectivity index (χ0) is 19.7. The highest BCUT2D eigenvalue weighted by Crippen LogP contribution is 2.11. The third-order valence-electron chi connectivity index (χ3n) is 5.52. The molecule has 0 heterocycles. The van der Waals surface area contributed by atoms with Crippen LogP contribution < -0.4 is 0 Å². The van der Waals surface area contributed by atoms with E-state index in [1.807, 2.05) is 0 Å². The summed E-state index contributed by atoms with van der Waals surface area (Å²) >= 11 is 0. The Balaban J connectivity index is 3.10. The van der Waals surface area contributed by atoms with Crippen LogP contribution in [0.2, 0.25) is 0 Å². The van der Waals surface area contributed by atoms with E-state index >= 15 is 0 Å². The maximum atomic E-state index is 2.43. The molecule has 0 aromatic heterocycles. The van der Waals surface area contributed by atoms with E-state index in [1.165, 1.54) is 135 Å². The van der Waals surface area contributed by atoms with E-state index < -0.39 is 0 Å². The van der Waals surface area contributed by atoms with Gasteiger partial charge < -0.3 is 0 Å². The monoisotopic (exact) mass is 376 g/mol. The van der Waals surface area contributed by atoms with E-state index in [-0.39, 0.29) is 0 Å². The molecular formula is C27H52. The van der Waals surface area contributed by atoms with Gasteiger partial charge >= 0.3 is 0 Å². The van der Waals surface area contributed by atoms with Gasteiger partial charge in [0.25, 0.3) is 0 Å². The second-order valence-corrected chi connectivity index (χ2v) is 8.40. The SMILES string of the molecule is CCCCCCC=CCCCCCCCCC=CCCCCCCCCC. The van der Waals surface area contributed by atoms with Crippen molar-refractivity contribution in [1.29, 1.82) is 0 Å². The van der Waals surface area contributed by atoms with Crippen molar-refractivity contribution in [1.82, 2.24) is 0 Å². The van der Waals surface area contributed by atoms with Crippen LogP contribution in [0, 0.1) is 0 Å². The summed E-state index contributed by atoms with van der Waals surface area (Å²) in [5.41, 5.74) is 0. The summed E-state index contributed by atoms with van der Waals surface area (Å²) in [5.74, 6) is 0. The van der Waals surface area contributed by atoms with Gasteiger partial charge in [0, 0.05) is 0 Å². The summed E-state index contributed by atoms with van der Waals surface area (Å²) in [7, 11) is 0. The fourth-order valence-electron chi connectivity index (χ4n) is 3.61. The van der Waals surface area contributed by atoms with Gasteiger partial charge in [-0.25, -0.2) is 0 Å². The summed E-state index contributed by atoms with van der Waals surface area (Å²) in [6.07, 6.45) is 38.9. The van der Waals surface area contributed by atoms with Gasteiger partial charge in [0.05, 0.1) is 0 Å². The first-order chi connectivity index (χ1) is 13.4. The predicted molar refractivity (Wildman–Crippen MR) is 127 cm³/mol. The molecule has 0 radical (unpaired) electrons. The lowest BCUT2D eigenvalue weighted by Crippen LogP contribution is -1.80. The van der Waals surface area contributed by atoms with Gasteiger partial charge in [-0.05, 0) is 51.4 Å². The molecule has 0 aromatic rings. The molecule has 160 valence electrons. The zero-order valence-electron chi connectivity index (χ0n) is 19.2. The largest absolute Gasteiger partial charge is 0.0885 e. The van der Waals surface area contributed by atoms with Crippen LogP contribution in [-0.2, 0) is 0 Å². The number of rotatable bonds is 22. The van der Waals surface area contributed by atoms with E-state index in [9.17, 15) is 0 Å². The summed E-state index contributed by atoms with van der Waals surface area (Å²) in [6, 6.07) is 0. The van der Waals surface area contributed by atoms with Crippen molar-refractivity contribution in [3.63, 3.8) is 0 Å². The minimum Gasteiger partial charge on any atom is -0.0885 e. The Kier molecular flexibility index (Phi) is 25.0. The molecular weight excluding hydrogens is 324 g/mol. The molecule has 0 aliphatic carbocycles. The van der Waals surface area contributed by atoms with Crippen molar-refractivity contribution in [2.75, 3.05) is 0 Å². The van der Waals surface area contributed by atoms with E-state index in [0.29, 0.717) is 0 Å². The number of unbranched alkanes of at least 4 members (excludes halogenated alkanes) is 18. The van der Waals surface area contributed by atoms with Gasteiger partial charge in [-0.15, -0.1) is 0 Å². The van der Waals surface area contributed by atoms with Crippen molar-refractivity contribution >= 4 is 0 Å². The third-order valence-corrected chi connectivity index (χ3v) is 5.52. The molecule has 0 nitrogen and oxygen atoms in total. The molecule has 0 saturated carbocycles. The van der Waals surface area contributed by atoms with Crippen molar-refractivity contribution in [3.05, 3.63) is 24.3 Å². The summed E-state index contributed by atoms with van der Waals surface area (Å²) < 4.78 is 0. The van der Waals surface area contributed by atoms with Crippen LogP contribution in [0.3, 0.4) is 0 Å². The maximum Gasteiger partial charge on any atom is -0.0351 e. The zero-order valence-corrected chi connectivity index (χ0v) is 19.2. The minimum atomic E-state index is 1.30. The molecule has 0 bridgehead atoms. The molecule has 0 aromatic carbocycles. The molecule has 27 heavy (non-hydrogen) atoms. The van der Waals surface area contributed by atoms with Crippen molar-refractivity contribution in [2.24, 2.45) is 0 Å². The Morgan fingerprint density at radius 3 is 0.815 bits per heavy atom. The lowest BCUT2D eigenvalue weighted by molar-refractivity contribution is 0.590. The first-order valence-electron chi connectivity index (χ1n) is 12.7. The molecule has 0 amide bonds. The lowest BCUT2D eigenvalue weighted by Gasteiger charge is -2.00. The van der Waals surface area contributed by atoms with E-state index in [0.717, 1.165) is 0 Å². The Labute approximate surface area is 173 Å². The Hall–Kier alpha value is -0.520. The Bertz CT molecular complexity index is 299. The van der Waals surface area contributed by atoms with Crippen LogP contribution in [0.4, 0.5) is 0 Å². The van der Waals surface area contributed by atoms with Gasteiger partial charge in [0.1, 0.15) is 0 Å². The third kappa shape index (κ3) is 25.5. The lowest BCUT2D eigenvalue weighted by atomic mass is 10.1. The highest BCUT2D eigenvalue weighted by molar-refractivity contribution is 4.82. The molecule has 0 atom stereocenters. The second kappa shape index (κ2) is 25.5. The fraction of sp³-hybridized carbons (Fsp3) is 0.852. The van der Waals surface area contributed by atoms with Crippen LogP contribution in [-0.4, -0.2) is 0 Å². The highest BCUT2D eigenvalue weighted by atomic mass is 14.0. The molecule has 0 saturated heterocycles. The normalized spacial score (nSPS) is 11.9. The number of hydrogen-bond acceptors (Lipinski definition) is 0. The van der Waals surface area contributed by atoms with E-state index in [4.69, 9.17) is 0 Å². The molecule has 0 N–H and O–H groups in total. The summed E-state index contributed by atoms with van der Waals surface area (Å²) in [4.78, 5) is 0. The van der Waals surface area contributed by atoms with E-state index in [2.05, 4.69) is 38.2 Å². The minimum absolute atomic E-state index is 1.30. The molecule has 0 rings (SSSR count). The van der Waals surface area contributed by atoms with Crippen LogP contribution in [0.25, 0.3) is 0 Å². The summed E-state index contributed by atoms with van der Waals surface area (Å²) in [6.45, 7) is 4.57. The van der Waals surface area contributed by atoms with Crippen LogP contribution in [0.15, 0.2) is 24.3 Å². The average molecular weight is 377 g/mol. The van der Waals surface area contributed by atoms with Crippen LogP contribution in [0.1, 0.15) is 149 Å². The smallest absolute Gasteiger partial charge is 0.0351 e. The molecule has 0 aliphatic heterocycles. The first kappa shape index (κ1) is 26.5. The quantitative estimate of drug-likeness (QED) is 0.130. The highest BCUT2D eigenvalue weighted by Gasteiger charge is 1.91.